The Balaban J connectivity index is 1.39. The van der Waals surface area contributed by atoms with E-state index in [0.717, 1.165) is 73.0 Å². The number of hydrogen-bond donors (Lipinski definition) is 1. The molecule has 164 valence electrons. The number of aryl methyl sites for hydroxylation is 3. The van der Waals surface area contributed by atoms with Crippen molar-refractivity contribution in [3.63, 3.8) is 0 Å². The summed E-state index contributed by atoms with van der Waals surface area (Å²) in [6, 6.07) is 10.4. The average Bonchev–Trinajstić information content (AvgIpc) is 3.44. The van der Waals surface area contributed by atoms with Gasteiger partial charge in [0.15, 0.2) is 5.82 Å². The first-order chi connectivity index (χ1) is 15.6. The van der Waals surface area contributed by atoms with Crippen LogP contribution in [0.2, 0.25) is 0 Å². The molecule has 0 amide bonds. The maximum atomic E-state index is 5.03. The van der Waals surface area contributed by atoms with Gasteiger partial charge in [-0.1, -0.05) is 12.1 Å². The van der Waals surface area contributed by atoms with E-state index >= 15 is 0 Å². The van der Waals surface area contributed by atoms with Crippen molar-refractivity contribution in [1.82, 2.24) is 39.6 Å². The van der Waals surface area contributed by atoms with Crippen molar-refractivity contribution in [2.75, 3.05) is 31.1 Å². The first-order valence-corrected chi connectivity index (χ1v) is 11.2. The number of fused-ring (bicyclic) bond motifs is 1. The molecular formula is C23H27N9. The first kappa shape index (κ1) is 19.4. The number of anilines is 1. The molecule has 1 aliphatic carbocycles. The lowest BCUT2D eigenvalue weighted by Crippen LogP contribution is -2.44. The number of nitrogens with one attached hydrogen (secondary N) is 1. The molecule has 1 saturated heterocycles. The van der Waals surface area contributed by atoms with Crippen molar-refractivity contribution < 1.29 is 0 Å². The molecule has 32 heavy (non-hydrogen) atoms. The summed E-state index contributed by atoms with van der Waals surface area (Å²) in [6.45, 7) is 7.55. The number of para-hydroxylation sites is 2. The van der Waals surface area contributed by atoms with Gasteiger partial charge >= 0.3 is 0 Å². The van der Waals surface area contributed by atoms with Gasteiger partial charge in [0.1, 0.15) is 17.5 Å². The SMILES string of the molecule is Cc1nc(C)n(-c2cc([C@H]3C[C@@H]3c3nc4ccccc4n3C)nc(N3CCNCC3)n2)n1. The van der Waals surface area contributed by atoms with Gasteiger partial charge in [-0.25, -0.2) is 15.0 Å². The molecule has 4 aromatic rings. The summed E-state index contributed by atoms with van der Waals surface area (Å²) >= 11 is 0. The maximum absolute atomic E-state index is 5.03. The van der Waals surface area contributed by atoms with E-state index in [4.69, 9.17) is 15.0 Å². The second-order valence-electron chi connectivity index (χ2n) is 8.77. The lowest BCUT2D eigenvalue weighted by atomic mass is 10.2. The predicted octanol–water partition coefficient (Wildman–Crippen LogP) is 2.24. The Labute approximate surface area is 186 Å². The zero-order valence-electron chi connectivity index (χ0n) is 18.7. The highest BCUT2D eigenvalue weighted by Crippen LogP contribution is 2.54. The van der Waals surface area contributed by atoms with Crippen LogP contribution in [0.25, 0.3) is 16.9 Å². The van der Waals surface area contributed by atoms with Crippen LogP contribution < -0.4 is 10.2 Å². The summed E-state index contributed by atoms with van der Waals surface area (Å²) in [7, 11) is 2.11. The monoisotopic (exact) mass is 429 g/mol. The Hall–Kier alpha value is -3.33. The molecule has 6 rings (SSSR count). The molecule has 1 aliphatic heterocycles. The molecule has 0 spiro atoms. The van der Waals surface area contributed by atoms with E-state index in [2.05, 4.69) is 56.2 Å². The van der Waals surface area contributed by atoms with Crippen molar-refractivity contribution in [2.24, 2.45) is 7.05 Å². The molecule has 9 nitrogen and oxygen atoms in total. The molecule has 3 aromatic heterocycles. The summed E-state index contributed by atoms with van der Waals surface area (Å²) in [4.78, 5) is 21.6. The highest BCUT2D eigenvalue weighted by Gasteiger charge is 2.44. The van der Waals surface area contributed by atoms with E-state index in [9.17, 15) is 0 Å². The van der Waals surface area contributed by atoms with Crippen LogP contribution in [0.4, 0.5) is 5.95 Å². The number of hydrogen-bond acceptors (Lipinski definition) is 7. The van der Waals surface area contributed by atoms with Gasteiger partial charge in [-0.15, -0.1) is 5.10 Å². The van der Waals surface area contributed by atoms with Gasteiger partial charge in [-0.05, 0) is 32.4 Å². The van der Waals surface area contributed by atoms with Gasteiger partial charge in [0, 0.05) is 51.1 Å². The fourth-order valence-corrected chi connectivity index (χ4v) is 4.79. The zero-order chi connectivity index (χ0) is 21.8. The third-order valence-corrected chi connectivity index (χ3v) is 6.54. The minimum atomic E-state index is 0.332. The van der Waals surface area contributed by atoms with Crippen molar-refractivity contribution >= 4 is 17.0 Å². The van der Waals surface area contributed by atoms with Crippen LogP contribution in [0.5, 0.6) is 0 Å². The van der Waals surface area contributed by atoms with Crippen LogP contribution in [-0.2, 0) is 7.05 Å². The molecule has 1 N–H and O–H groups in total. The van der Waals surface area contributed by atoms with Gasteiger partial charge < -0.3 is 14.8 Å². The Bertz CT molecular complexity index is 1300. The average molecular weight is 430 g/mol. The highest BCUT2D eigenvalue weighted by atomic mass is 15.4. The van der Waals surface area contributed by atoms with Crippen LogP contribution in [0.1, 0.15) is 41.4 Å². The maximum Gasteiger partial charge on any atom is 0.227 e. The third kappa shape index (κ3) is 3.24. The van der Waals surface area contributed by atoms with Crippen molar-refractivity contribution in [1.29, 1.82) is 0 Å². The van der Waals surface area contributed by atoms with Gasteiger partial charge in [0.2, 0.25) is 5.95 Å². The minimum absolute atomic E-state index is 0.332. The van der Waals surface area contributed by atoms with E-state index in [1.165, 1.54) is 5.52 Å². The predicted molar refractivity (Wildman–Crippen MR) is 122 cm³/mol. The van der Waals surface area contributed by atoms with Gasteiger partial charge in [-0.2, -0.15) is 9.67 Å². The second kappa shape index (κ2) is 7.37. The van der Waals surface area contributed by atoms with Crippen molar-refractivity contribution in [2.45, 2.75) is 32.1 Å². The quantitative estimate of drug-likeness (QED) is 0.532. The molecule has 2 aliphatic rings. The second-order valence-corrected chi connectivity index (χ2v) is 8.77. The number of piperazine rings is 1. The van der Waals surface area contributed by atoms with Crippen LogP contribution in [0.15, 0.2) is 30.3 Å². The smallest absolute Gasteiger partial charge is 0.227 e. The lowest BCUT2D eigenvalue weighted by molar-refractivity contribution is 0.577. The van der Waals surface area contributed by atoms with E-state index in [-0.39, 0.29) is 0 Å². The van der Waals surface area contributed by atoms with Crippen molar-refractivity contribution in [3.05, 3.63) is 53.5 Å². The Morgan fingerprint density at radius 2 is 1.78 bits per heavy atom. The molecule has 1 aromatic carbocycles. The van der Waals surface area contributed by atoms with Crippen molar-refractivity contribution in [3.8, 4) is 5.82 Å². The molecular weight excluding hydrogens is 402 g/mol. The van der Waals surface area contributed by atoms with E-state index in [0.29, 0.717) is 11.8 Å². The number of aromatic nitrogens is 7. The number of imidazole rings is 1. The van der Waals surface area contributed by atoms with Crippen LogP contribution in [0, 0.1) is 13.8 Å². The summed E-state index contributed by atoms with van der Waals surface area (Å²) in [5.74, 6) is 4.98. The summed E-state index contributed by atoms with van der Waals surface area (Å²) in [6.07, 6.45) is 1.05. The highest BCUT2D eigenvalue weighted by molar-refractivity contribution is 5.76. The van der Waals surface area contributed by atoms with Crippen LogP contribution in [0.3, 0.4) is 0 Å². The summed E-state index contributed by atoms with van der Waals surface area (Å²) in [5.41, 5.74) is 3.29. The van der Waals surface area contributed by atoms with Gasteiger partial charge in [0.05, 0.1) is 16.7 Å². The molecule has 0 bridgehead atoms. The largest absolute Gasteiger partial charge is 0.338 e. The van der Waals surface area contributed by atoms with Gasteiger partial charge in [0.25, 0.3) is 0 Å². The number of benzene rings is 1. The Morgan fingerprint density at radius 1 is 0.969 bits per heavy atom. The number of rotatable bonds is 4. The fraction of sp³-hybridized carbons (Fsp3) is 0.435. The first-order valence-electron chi connectivity index (χ1n) is 11.2. The fourth-order valence-electron chi connectivity index (χ4n) is 4.79. The normalized spacial score (nSPS) is 20.8. The molecule has 2 fully saturated rings. The molecule has 0 radical (unpaired) electrons. The third-order valence-electron chi connectivity index (χ3n) is 6.54. The van der Waals surface area contributed by atoms with E-state index in [1.54, 1.807) is 0 Å². The molecule has 9 heteroatoms. The molecule has 0 unspecified atom stereocenters. The minimum Gasteiger partial charge on any atom is -0.338 e. The summed E-state index contributed by atoms with van der Waals surface area (Å²) < 4.78 is 4.06. The van der Waals surface area contributed by atoms with Crippen LogP contribution >= 0.6 is 0 Å². The molecule has 2 atom stereocenters. The molecule has 4 heterocycles. The topological polar surface area (TPSA) is 89.6 Å². The zero-order valence-corrected chi connectivity index (χ0v) is 18.7. The van der Waals surface area contributed by atoms with E-state index < -0.39 is 0 Å². The van der Waals surface area contributed by atoms with E-state index in [1.807, 2.05) is 24.6 Å². The van der Waals surface area contributed by atoms with Crippen LogP contribution in [-0.4, -0.2) is 60.5 Å². The standard InChI is InChI=1S/C23H27N9/c1-14-25-15(2)32(29-14)21-13-19(27-23(28-21)31-10-8-24-9-11-31)16-12-17(16)22-26-18-6-4-5-7-20(18)30(22)3/h4-7,13,16-17,24H,8-12H2,1-3H3/t16-,17-/m0/s1. The Kier molecular flexibility index (Phi) is 4.46. The number of nitrogens with zero attached hydrogens (tertiary/aromatic N) is 8. The molecule has 1 saturated carbocycles. The Morgan fingerprint density at radius 3 is 2.53 bits per heavy atom. The van der Waals surface area contributed by atoms with Gasteiger partial charge in [-0.3, -0.25) is 0 Å². The lowest BCUT2D eigenvalue weighted by Gasteiger charge is -2.28. The summed E-state index contributed by atoms with van der Waals surface area (Å²) in [5, 5.41) is 7.98.